The first-order chi connectivity index (χ1) is 6.08. The van der Waals surface area contributed by atoms with Crippen molar-refractivity contribution in [3.8, 4) is 0 Å². The summed E-state index contributed by atoms with van der Waals surface area (Å²) < 4.78 is 10.4. The molecule has 0 amide bonds. The number of hydrogen-bond donors (Lipinski definition) is 0. The molecule has 3 nitrogen and oxygen atoms in total. The van der Waals surface area contributed by atoms with Crippen molar-refractivity contribution < 1.29 is 14.3 Å². The van der Waals surface area contributed by atoms with Gasteiger partial charge in [-0.2, -0.15) is 0 Å². The predicted molar refractivity (Wildman–Crippen MR) is 49.4 cm³/mol. The number of hydrogen-bond acceptors (Lipinski definition) is 3. The van der Waals surface area contributed by atoms with E-state index in [1.807, 2.05) is 13.8 Å². The van der Waals surface area contributed by atoms with Crippen LogP contribution in [0.25, 0.3) is 0 Å². The van der Waals surface area contributed by atoms with Gasteiger partial charge in [0.2, 0.25) is 0 Å². The van der Waals surface area contributed by atoms with E-state index < -0.39 is 0 Å². The summed E-state index contributed by atoms with van der Waals surface area (Å²) in [7, 11) is 0. The average molecular weight is 186 g/mol. The zero-order valence-electron chi connectivity index (χ0n) is 8.79. The van der Waals surface area contributed by atoms with E-state index in [0.717, 1.165) is 6.42 Å². The number of esters is 1. The van der Waals surface area contributed by atoms with Gasteiger partial charge in [-0.1, -0.05) is 20.8 Å². The molecule has 0 aliphatic carbocycles. The standard InChI is InChI=1S/C10H18O3/c1-5-10(7(3)4)8(13-10)9(11)12-6-2/h7-8H,5-6H2,1-4H3. The molecule has 13 heavy (non-hydrogen) atoms. The van der Waals surface area contributed by atoms with Crippen LogP contribution in [0.3, 0.4) is 0 Å². The minimum atomic E-state index is -0.322. The van der Waals surface area contributed by atoms with Gasteiger partial charge in [-0.25, -0.2) is 4.79 Å². The SMILES string of the molecule is CCOC(=O)C1OC1(CC)C(C)C. The van der Waals surface area contributed by atoms with Crippen molar-refractivity contribution in [2.45, 2.75) is 45.8 Å². The Morgan fingerprint density at radius 3 is 2.46 bits per heavy atom. The van der Waals surface area contributed by atoms with Crippen LogP contribution in [0.15, 0.2) is 0 Å². The third-order valence-corrected chi connectivity index (χ3v) is 2.75. The van der Waals surface area contributed by atoms with Crippen LogP contribution in [0, 0.1) is 5.92 Å². The van der Waals surface area contributed by atoms with Gasteiger partial charge >= 0.3 is 5.97 Å². The van der Waals surface area contributed by atoms with Gasteiger partial charge in [0.25, 0.3) is 0 Å². The molecule has 1 rings (SSSR count). The highest BCUT2D eigenvalue weighted by atomic mass is 16.7. The van der Waals surface area contributed by atoms with E-state index in [0.29, 0.717) is 12.5 Å². The van der Waals surface area contributed by atoms with Crippen molar-refractivity contribution in [1.29, 1.82) is 0 Å². The Hall–Kier alpha value is -0.570. The molecular formula is C10H18O3. The second-order valence-electron chi connectivity index (χ2n) is 3.71. The summed E-state index contributed by atoms with van der Waals surface area (Å²) in [5.74, 6) is 0.157. The molecule has 0 N–H and O–H groups in total. The lowest BCUT2D eigenvalue weighted by Gasteiger charge is -2.13. The highest BCUT2D eigenvalue weighted by molar-refractivity contribution is 5.79. The third-order valence-electron chi connectivity index (χ3n) is 2.75. The van der Waals surface area contributed by atoms with Gasteiger partial charge in [-0.15, -0.1) is 0 Å². The largest absolute Gasteiger partial charge is 0.464 e. The van der Waals surface area contributed by atoms with Gasteiger partial charge in [0, 0.05) is 0 Å². The van der Waals surface area contributed by atoms with Crippen LogP contribution in [-0.2, 0) is 14.3 Å². The van der Waals surface area contributed by atoms with Gasteiger partial charge in [-0.05, 0) is 19.3 Å². The summed E-state index contributed by atoms with van der Waals surface area (Å²) in [6.07, 6.45) is 0.547. The monoisotopic (exact) mass is 186 g/mol. The Morgan fingerprint density at radius 2 is 2.15 bits per heavy atom. The molecule has 1 heterocycles. The fourth-order valence-corrected chi connectivity index (χ4v) is 1.77. The lowest BCUT2D eigenvalue weighted by molar-refractivity contribution is -0.144. The first-order valence-electron chi connectivity index (χ1n) is 4.93. The van der Waals surface area contributed by atoms with Gasteiger partial charge in [0.1, 0.15) is 5.60 Å². The van der Waals surface area contributed by atoms with Crippen molar-refractivity contribution in [2.24, 2.45) is 5.92 Å². The van der Waals surface area contributed by atoms with Crippen molar-refractivity contribution in [2.75, 3.05) is 6.61 Å². The Kier molecular flexibility index (Phi) is 2.96. The second kappa shape index (κ2) is 3.66. The van der Waals surface area contributed by atoms with Gasteiger partial charge in [0.05, 0.1) is 6.61 Å². The fourth-order valence-electron chi connectivity index (χ4n) is 1.77. The van der Waals surface area contributed by atoms with E-state index >= 15 is 0 Å². The van der Waals surface area contributed by atoms with Crippen LogP contribution in [0.1, 0.15) is 34.1 Å². The number of carbonyl (C=O) groups is 1. The molecule has 0 radical (unpaired) electrons. The minimum Gasteiger partial charge on any atom is -0.464 e. The van der Waals surface area contributed by atoms with Crippen molar-refractivity contribution in [3.05, 3.63) is 0 Å². The first kappa shape index (κ1) is 10.5. The van der Waals surface area contributed by atoms with E-state index in [2.05, 4.69) is 13.8 Å². The lowest BCUT2D eigenvalue weighted by Crippen LogP contribution is -2.27. The highest BCUT2D eigenvalue weighted by Gasteiger charge is 2.61. The van der Waals surface area contributed by atoms with Crippen molar-refractivity contribution in [3.63, 3.8) is 0 Å². The average Bonchev–Trinajstić information content (AvgIpc) is 2.80. The van der Waals surface area contributed by atoms with Crippen molar-refractivity contribution >= 4 is 5.97 Å². The fraction of sp³-hybridized carbons (Fsp3) is 0.900. The molecule has 0 saturated carbocycles. The van der Waals surface area contributed by atoms with E-state index in [1.165, 1.54) is 0 Å². The van der Waals surface area contributed by atoms with Crippen LogP contribution in [0.4, 0.5) is 0 Å². The quantitative estimate of drug-likeness (QED) is 0.496. The Balaban J connectivity index is 2.54. The zero-order valence-corrected chi connectivity index (χ0v) is 8.79. The highest BCUT2D eigenvalue weighted by Crippen LogP contribution is 2.46. The zero-order chi connectivity index (χ0) is 10.1. The molecular weight excluding hydrogens is 168 g/mol. The topological polar surface area (TPSA) is 38.8 Å². The predicted octanol–water partition coefficient (Wildman–Crippen LogP) is 1.75. The molecule has 0 bridgehead atoms. The van der Waals surface area contributed by atoms with E-state index in [-0.39, 0.29) is 17.7 Å². The molecule has 1 saturated heterocycles. The summed E-state index contributed by atoms with van der Waals surface area (Å²) in [6, 6.07) is 0. The maximum absolute atomic E-state index is 11.3. The summed E-state index contributed by atoms with van der Waals surface area (Å²) in [4.78, 5) is 11.3. The van der Waals surface area contributed by atoms with E-state index in [4.69, 9.17) is 9.47 Å². The molecule has 76 valence electrons. The first-order valence-corrected chi connectivity index (χ1v) is 4.93. The maximum atomic E-state index is 11.3. The van der Waals surface area contributed by atoms with Crippen LogP contribution in [-0.4, -0.2) is 24.3 Å². The van der Waals surface area contributed by atoms with Crippen molar-refractivity contribution in [1.82, 2.24) is 0 Å². The molecule has 1 aliphatic rings. The summed E-state index contributed by atoms with van der Waals surface area (Å²) in [5, 5.41) is 0. The molecule has 0 aromatic carbocycles. The summed E-state index contributed by atoms with van der Waals surface area (Å²) in [6.45, 7) is 8.42. The summed E-state index contributed by atoms with van der Waals surface area (Å²) >= 11 is 0. The third kappa shape index (κ3) is 1.70. The molecule has 0 aromatic heterocycles. The Morgan fingerprint density at radius 1 is 1.54 bits per heavy atom. The normalized spacial score (nSPS) is 31.9. The molecule has 1 aliphatic heterocycles. The smallest absolute Gasteiger partial charge is 0.338 e. The molecule has 1 fully saturated rings. The van der Waals surface area contributed by atoms with Gasteiger partial charge in [-0.3, -0.25) is 0 Å². The van der Waals surface area contributed by atoms with Crippen LogP contribution in [0.5, 0.6) is 0 Å². The van der Waals surface area contributed by atoms with Crippen LogP contribution < -0.4 is 0 Å². The van der Waals surface area contributed by atoms with E-state index in [1.54, 1.807) is 0 Å². The van der Waals surface area contributed by atoms with Crippen LogP contribution >= 0.6 is 0 Å². The van der Waals surface area contributed by atoms with Crippen LogP contribution in [0.2, 0.25) is 0 Å². The number of epoxide rings is 1. The lowest BCUT2D eigenvalue weighted by atomic mass is 9.89. The van der Waals surface area contributed by atoms with Gasteiger partial charge in [0.15, 0.2) is 6.10 Å². The number of rotatable bonds is 4. The minimum absolute atomic E-state index is 0.210. The second-order valence-corrected chi connectivity index (χ2v) is 3.71. The molecule has 3 heteroatoms. The van der Waals surface area contributed by atoms with Gasteiger partial charge < -0.3 is 9.47 Å². The molecule has 0 aromatic rings. The maximum Gasteiger partial charge on any atom is 0.338 e. The molecule has 0 spiro atoms. The Bertz CT molecular complexity index is 200. The number of ether oxygens (including phenoxy) is 2. The summed E-state index contributed by atoms with van der Waals surface area (Å²) in [5.41, 5.74) is -0.244. The Labute approximate surface area is 79.4 Å². The molecule has 2 unspecified atom stereocenters. The molecule has 2 atom stereocenters. The van der Waals surface area contributed by atoms with E-state index in [9.17, 15) is 4.79 Å². The number of carbonyl (C=O) groups excluding carboxylic acids is 1.